The number of benzene rings is 1. The number of hydrogen-bond acceptors (Lipinski definition) is 8. The summed E-state index contributed by atoms with van der Waals surface area (Å²) in [6.45, 7) is 2.83. The molecule has 7 nitrogen and oxygen atoms in total. The Bertz CT molecular complexity index is 1200. The Morgan fingerprint density at radius 1 is 1.05 bits per heavy atom. The summed E-state index contributed by atoms with van der Waals surface area (Å²) in [5.41, 5.74) is 0.453. The third-order valence-electron chi connectivity index (χ3n) is 8.10. The highest BCUT2D eigenvalue weighted by Gasteiger charge is 2.53. The second-order valence-corrected chi connectivity index (χ2v) is 11.9. The van der Waals surface area contributed by atoms with Crippen LogP contribution in [-0.2, 0) is 31.2 Å². The minimum Gasteiger partial charge on any atom is -1.00 e. The summed E-state index contributed by atoms with van der Waals surface area (Å²) in [5, 5.41) is 18.9. The molecule has 0 saturated carbocycles. The highest BCUT2D eigenvalue weighted by atomic mass is 79.9. The molecular weight excluding hydrogens is 602 g/mol. The number of nitrogens with zero attached hydrogens (tertiary/aromatic N) is 1. The number of thiophene rings is 2. The molecule has 2 unspecified atom stereocenters. The lowest BCUT2D eigenvalue weighted by Gasteiger charge is -2.47. The van der Waals surface area contributed by atoms with Crippen molar-refractivity contribution in [1.82, 2.24) is 0 Å². The molecule has 0 amide bonds. The molecule has 2 aliphatic heterocycles. The molecule has 1 N–H and O–H groups in total. The van der Waals surface area contributed by atoms with Crippen molar-refractivity contribution in [2.45, 2.75) is 62.9 Å². The smallest absolute Gasteiger partial charge is 0.348 e. The normalized spacial score (nSPS) is 24.0. The van der Waals surface area contributed by atoms with Gasteiger partial charge in [-0.2, -0.15) is 22.7 Å². The van der Waals surface area contributed by atoms with Crippen LogP contribution in [0.15, 0.2) is 57.9 Å². The van der Waals surface area contributed by atoms with Crippen molar-refractivity contribution in [3.05, 3.63) is 74.6 Å². The van der Waals surface area contributed by atoms with Gasteiger partial charge < -0.3 is 40.8 Å². The van der Waals surface area contributed by atoms with Crippen molar-refractivity contribution < 1.29 is 50.4 Å². The Hall–Kier alpha value is -2.24. The number of halogens is 1. The Labute approximate surface area is 247 Å². The maximum atomic E-state index is 13.5. The van der Waals surface area contributed by atoms with Crippen LogP contribution in [0.3, 0.4) is 0 Å². The minimum atomic E-state index is -1.79. The Morgan fingerprint density at radius 2 is 1.69 bits per heavy atom. The molecule has 2 bridgehead atoms. The van der Waals surface area contributed by atoms with E-state index in [1.807, 2.05) is 39.7 Å². The molecule has 2 aromatic heterocycles. The number of hydrogen-bond donors (Lipinski definition) is 1. The molecule has 210 valence electrons. The lowest BCUT2D eigenvalue weighted by Crippen LogP contribution is -3.00. The second-order valence-electron chi connectivity index (χ2n) is 10.4. The van der Waals surface area contributed by atoms with E-state index in [1.54, 1.807) is 19.1 Å². The van der Waals surface area contributed by atoms with Crippen LogP contribution in [-0.4, -0.2) is 60.0 Å². The zero-order valence-electron chi connectivity index (χ0n) is 22.1. The zero-order valence-corrected chi connectivity index (χ0v) is 25.3. The highest BCUT2D eigenvalue weighted by molar-refractivity contribution is 7.08. The quantitative estimate of drug-likeness (QED) is 0.271. The fourth-order valence-electron chi connectivity index (χ4n) is 6.10. The summed E-state index contributed by atoms with van der Waals surface area (Å²) < 4.78 is 17.5. The van der Waals surface area contributed by atoms with Crippen molar-refractivity contribution in [2.75, 3.05) is 20.3 Å². The van der Waals surface area contributed by atoms with Crippen LogP contribution >= 0.6 is 22.7 Å². The molecule has 4 heterocycles. The Morgan fingerprint density at radius 3 is 2.26 bits per heavy atom. The van der Waals surface area contributed by atoms with Gasteiger partial charge in [0.2, 0.25) is 5.60 Å². The van der Waals surface area contributed by atoms with E-state index in [-0.39, 0.29) is 35.7 Å². The summed E-state index contributed by atoms with van der Waals surface area (Å²) in [6, 6.07) is 12.2. The van der Waals surface area contributed by atoms with Crippen molar-refractivity contribution >= 4 is 34.6 Å². The first-order valence-electron chi connectivity index (χ1n) is 13.0. The van der Waals surface area contributed by atoms with E-state index < -0.39 is 11.6 Å². The van der Waals surface area contributed by atoms with Crippen LogP contribution in [0, 0.1) is 0 Å². The first kappa shape index (κ1) is 29.7. The van der Waals surface area contributed by atoms with Crippen LogP contribution in [0.5, 0.6) is 5.75 Å². The average Bonchev–Trinajstić information content (AvgIpc) is 3.65. The molecule has 5 rings (SSSR count). The number of quaternary nitrogens is 1. The van der Waals surface area contributed by atoms with E-state index in [4.69, 9.17) is 14.2 Å². The maximum Gasteiger partial charge on any atom is 0.348 e. The molecule has 0 radical (unpaired) electrons. The lowest BCUT2D eigenvalue weighted by molar-refractivity contribution is -0.961. The van der Waals surface area contributed by atoms with Gasteiger partial charge in [0.1, 0.15) is 18.4 Å². The number of fused-ring (bicyclic) bond motifs is 2. The summed E-state index contributed by atoms with van der Waals surface area (Å²) in [5.74, 6) is -0.322. The third kappa shape index (κ3) is 6.10. The SMILES string of the molecule is CCOC(=O)COc1cccc(C[N+]2(C)[C@@H]3CC[C@H]2CC(OC(=O)C(O)(c2ccsc2)c2ccsc2)C3)c1.[Br-]. The molecule has 39 heavy (non-hydrogen) atoms. The molecular formula is C29H34BrNO6S2. The van der Waals surface area contributed by atoms with Crippen LogP contribution in [0.4, 0.5) is 0 Å². The average molecular weight is 637 g/mol. The van der Waals surface area contributed by atoms with E-state index >= 15 is 0 Å². The van der Waals surface area contributed by atoms with E-state index in [1.165, 1.54) is 22.7 Å². The molecule has 0 spiro atoms. The van der Waals surface area contributed by atoms with Gasteiger partial charge in [-0.05, 0) is 52.7 Å². The fraction of sp³-hybridized carbons (Fsp3) is 0.448. The summed E-state index contributed by atoms with van der Waals surface area (Å²) in [7, 11) is 2.29. The largest absolute Gasteiger partial charge is 1.00 e. The maximum absolute atomic E-state index is 13.5. The van der Waals surface area contributed by atoms with Gasteiger partial charge in [0.05, 0.1) is 25.7 Å². The van der Waals surface area contributed by atoms with Gasteiger partial charge in [-0.1, -0.05) is 12.1 Å². The van der Waals surface area contributed by atoms with Crippen LogP contribution in [0.1, 0.15) is 49.3 Å². The number of piperidine rings is 1. The number of carbonyl (C=O) groups excluding carboxylic acids is 2. The van der Waals surface area contributed by atoms with Crippen LogP contribution < -0.4 is 21.7 Å². The van der Waals surface area contributed by atoms with E-state index in [9.17, 15) is 14.7 Å². The minimum absolute atomic E-state index is 0. The van der Waals surface area contributed by atoms with Gasteiger partial charge in [0.25, 0.3) is 0 Å². The van der Waals surface area contributed by atoms with E-state index in [2.05, 4.69) is 13.1 Å². The van der Waals surface area contributed by atoms with Crippen LogP contribution in [0.25, 0.3) is 0 Å². The predicted octanol–water partition coefficient (Wildman–Crippen LogP) is 1.87. The number of esters is 2. The molecule has 10 heteroatoms. The van der Waals surface area contributed by atoms with Gasteiger partial charge in [-0.25, -0.2) is 9.59 Å². The van der Waals surface area contributed by atoms with Gasteiger partial charge in [-0.3, -0.25) is 0 Å². The van der Waals surface area contributed by atoms with E-state index in [0.717, 1.165) is 42.3 Å². The van der Waals surface area contributed by atoms with Crippen molar-refractivity contribution in [2.24, 2.45) is 0 Å². The fourth-order valence-corrected chi connectivity index (χ4v) is 7.50. The first-order chi connectivity index (χ1) is 18.3. The molecule has 2 fully saturated rings. The van der Waals surface area contributed by atoms with Crippen LogP contribution in [0.2, 0.25) is 0 Å². The highest BCUT2D eigenvalue weighted by Crippen LogP contribution is 2.44. The summed E-state index contributed by atoms with van der Waals surface area (Å²) in [6.07, 6.45) is 3.46. The molecule has 2 aliphatic rings. The number of ether oxygens (including phenoxy) is 3. The molecule has 1 aromatic carbocycles. The molecule has 3 aromatic rings. The topological polar surface area (TPSA) is 82.1 Å². The molecule has 0 aliphatic carbocycles. The Kier molecular flexibility index (Phi) is 9.54. The predicted molar refractivity (Wildman–Crippen MR) is 146 cm³/mol. The number of aliphatic hydroxyl groups is 1. The molecule has 2 saturated heterocycles. The van der Waals surface area contributed by atoms with Gasteiger partial charge >= 0.3 is 11.9 Å². The molecule has 4 atom stereocenters. The number of carbonyl (C=O) groups is 2. The standard InChI is InChI=1S/C29H34NO6S2.BrH/c1-3-34-27(31)17-35-25-6-4-5-20(13-25)16-30(2)23-7-8-24(30)15-26(14-23)36-28(32)29(33,21-9-11-37-18-21)22-10-12-38-19-22;/h4-6,9-13,18-19,23-24,26,33H,3,7-8,14-17H2,1-2H3;1H/q+1;/p-1/t23-,24+,26?,30?;. The number of rotatable bonds is 10. The Balaban J connectivity index is 0.00000353. The van der Waals surface area contributed by atoms with Gasteiger partial charge in [-0.15, -0.1) is 0 Å². The van der Waals surface area contributed by atoms with E-state index in [0.29, 0.717) is 35.6 Å². The van der Waals surface area contributed by atoms with Gasteiger partial charge in [0, 0.05) is 42.4 Å². The van der Waals surface area contributed by atoms with Gasteiger partial charge in [0.15, 0.2) is 6.61 Å². The zero-order chi connectivity index (χ0) is 26.8. The summed E-state index contributed by atoms with van der Waals surface area (Å²) in [4.78, 5) is 25.2. The second kappa shape index (κ2) is 12.5. The monoisotopic (exact) mass is 635 g/mol. The van der Waals surface area contributed by atoms with Crippen molar-refractivity contribution in [3.8, 4) is 5.75 Å². The van der Waals surface area contributed by atoms with Crippen molar-refractivity contribution in [3.63, 3.8) is 0 Å². The third-order valence-corrected chi connectivity index (χ3v) is 9.47. The first-order valence-corrected chi connectivity index (χ1v) is 14.9. The lowest BCUT2D eigenvalue weighted by atomic mass is 9.89. The van der Waals surface area contributed by atoms with Crippen molar-refractivity contribution in [1.29, 1.82) is 0 Å². The summed E-state index contributed by atoms with van der Waals surface area (Å²) >= 11 is 2.89.